The average Bonchev–Trinajstić information content (AvgIpc) is 2.63. The van der Waals surface area contributed by atoms with Crippen LogP contribution < -0.4 is 10.1 Å². The molecule has 1 heterocycles. The van der Waals surface area contributed by atoms with E-state index in [1.54, 1.807) is 19.2 Å². The van der Waals surface area contributed by atoms with Crippen LogP contribution in [0.15, 0.2) is 48.5 Å². The van der Waals surface area contributed by atoms with Crippen molar-refractivity contribution in [2.24, 2.45) is 0 Å². The van der Waals surface area contributed by atoms with Gasteiger partial charge in [0, 0.05) is 24.2 Å². The lowest BCUT2D eigenvalue weighted by molar-refractivity contribution is 0.0697. The highest BCUT2D eigenvalue weighted by atomic mass is 16.5. The standard InChI is InChI=1S/C19H20N2O4/c1-24-17-9-8-14(10-16(17)13-6-4-3-5-7-13)18(22)20-15-11-21(12-15)19(23)25-2/h3-10,15H,11-12H2,1-2H3,(H,20,22). The maximum atomic E-state index is 12.5. The van der Waals surface area contributed by atoms with Crippen LogP contribution in [0.25, 0.3) is 11.1 Å². The molecule has 3 rings (SSSR count). The van der Waals surface area contributed by atoms with Crippen molar-refractivity contribution in [1.82, 2.24) is 10.2 Å². The van der Waals surface area contributed by atoms with Crippen LogP contribution in [0.5, 0.6) is 5.75 Å². The fourth-order valence-corrected chi connectivity index (χ4v) is 2.81. The van der Waals surface area contributed by atoms with Crippen molar-refractivity contribution >= 4 is 12.0 Å². The predicted octanol–water partition coefficient (Wildman–Crippen LogP) is 2.54. The number of hydrogen-bond donors (Lipinski definition) is 1. The van der Waals surface area contributed by atoms with Crippen LogP contribution in [0, 0.1) is 0 Å². The van der Waals surface area contributed by atoms with Crippen molar-refractivity contribution in [3.05, 3.63) is 54.1 Å². The molecule has 25 heavy (non-hydrogen) atoms. The molecule has 1 fully saturated rings. The molecule has 1 saturated heterocycles. The minimum absolute atomic E-state index is 0.0612. The third-order valence-electron chi connectivity index (χ3n) is 4.20. The number of rotatable bonds is 4. The van der Waals surface area contributed by atoms with E-state index in [2.05, 4.69) is 10.1 Å². The van der Waals surface area contributed by atoms with Gasteiger partial charge in [-0.15, -0.1) is 0 Å². The van der Waals surface area contributed by atoms with Gasteiger partial charge >= 0.3 is 6.09 Å². The molecule has 0 radical (unpaired) electrons. The number of hydrogen-bond acceptors (Lipinski definition) is 4. The van der Waals surface area contributed by atoms with Gasteiger partial charge in [-0.2, -0.15) is 0 Å². The van der Waals surface area contributed by atoms with E-state index in [1.165, 1.54) is 12.0 Å². The summed E-state index contributed by atoms with van der Waals surface area (Å²) in [5.74, 6) is 0.539. The van der Waals surface area contributed by atoms with E-state index in [4.69, 9.17) is 4.74 Å². The molecule has 0 aromatic heterocycles. The van der Waals surface area contributed by atoms with Crippen LogP contribution in [-0.4, -0.2) is 50.3 Å². The highest BCUT2D eigenvalue weighted by molar-refractivity contribution is 5.96. The number of amides is 2. The molecule has 130 valence electrons. The molecule has 0 aliphatic carbocycles. The summed E-state index contributed by atoms with van der Waals surface area (Å²) in [6, 6.07) is 15.1. The van der Waals surface area contributed by atoms with Gasteiger partial charge in [0.05, 0.1) is 20.3 Å². The van der Waals surface area contributed by atoms with Crippen LogP contribution in [0.3, 0.4) is 0 Å². The third-order valence-corrected chi connectivity index (χ3v) is 4.20. The zero-order valence-corrected chi connectivity index (χ0v) is 14.2. The van der Waals surface area contributed by atoms with Gasteiger partial charge in [0.1, 0.15) is 5.75 Å². The van der Waals surface area contributed by atoms with E-state index in [1.807, 2.05) is 36.4 Å². The van der Waals surface area contributed by atoms with E-state index >= 15 is 0 Å². The lowest BCUT2D eigenvalue weighted by atomic mass is 10.0. The number of likely N-dealkylation sites (tertiary alicyclic amines) is 1. The number of carbonyl (C=O) groups excluding carboxylic acids is 2. The van der Waals surface area contributed by atoms with Gasteiger partial charge in [-0.1, -0.05) is 30.3 Å². The molecule has 0 unspecified atom stereocenters. The van der Waals surface area contributed by atoms with Crippen molar-refractivity contribution in [2.45, 2.75) is 6.04 Å². The van der Waals surface area contributed by atoms with Crippen molar-refractivity contribution < 1.29 is 19.1 Å². The smallest absolute Gasteiger partial charge is 0.409 e. The quantitative estimate of drug-likeness (QED) is 0.929. The number of nitrogens with zero attached hydrogens (tertiary/aromatic N) is 1. The molecule has 1 N–H and O–H groups in total. The first-order valence-electron chi connectivity index (χ1n) is 7.99. The van der Waals surface area contributed by atoms with Crippen LogP contribution in [0.2, 0.25) is 0 Å². The van der Waals surface area contributed by atoms with Crippen LogP contribution in [-0.2, 0) is 4.74 Å². The molecule has 1 aliphatic rings. The molecule has 0 bridgehead atoms. The van der Waals surface area contributed by atoms with Gasteiger partial charge in [0.25, 0.3) is 5.91 Å². The SMILES string of the molecule is COC(=O)N1CC(NC(=O)c2ccc(OC)c(-c3ccccc3)c2)C1. The Morgan fingerprint density at radius 3 is 2.44 bits per heavy atom. The zero-order chi connectivity index (χ0) is 17.8. The Bertz CT molecular complexity index is 770. The number of nitrogens with one attached hydrogen (secondary N) is 1. The van der Waals surface area contributed by atoms with E-state index < -0.39 is 0 Å². The summed E-state index contributed by atoms with van der Waals surface area (Å²) < 4.78 is 10.1. The number of benzene rings is 2. The maximum absolute atomic E-state index is 12.5. The molecule has 2 aromatic rings. The lowest BCUT2D eigenvalue weighted by Gasteiger charge is -2.38. The van der Waals surface area contributed by atoms with Gasteiger partial charge in [-0.25, -0.2) is 4.79 Å². The summed E-state index contributed by atoms with van der Waals surface area (Å²) in [6.07, 6.45) is -0.374. The molecule has 6 nitrogen and oxygen atoms in total. The first kappa shape index (κ1) is 16.8. The Hall–Kier alpha value is -3.02. The van der Waals surface area contributed by atoms with Gasteiger partial charge in [0.15, 0.2) is 0 Å². The lowest BCUT2D eigenvalue weighted by Crippen LogP contribution is -2.60. The summed E-state index contributed by atoms with van der Waals surface area (Å²) in [5, 5.41) is 2.93. The Morgan fingerprint density at radius 2 is 1.80 bits per heavy atom. The van der Waals surface area contributed by atoms with Gasteiger partial charge in [0.2, 0.25) is 0 Å². The monoisotopic (exact) mass is 340 g/mol. The molecule has 0 saturated carbocycles. The van der Waals surface area contributed by atoms with Crippen LogP contribution in [0.4, 0.5) is 4.79 Å². The molecule has 0 spiro atoms. The Labute approximate surface area is 146 Å². The minimum Gasteiger partial charge on any atom is -0.496 e. The fraction of sp³-hybridized carbons (Fsp3) is 0.263. The molecule has 1 aliphatic heterocycles. The van der Waals surface area contributed by atoms with E-state index in [0.29, 0.717) is 24.4 Å². The molecule has 0 atom stereocenters. The Morgan fingerprint density at radius 1 is 1.08 bits per heavy atom. The second-order valence-corrected chi connectivity index (χ2v) is 5.83. The van der Waals surface area contributed by atoms with E-state index in [9.17, 15) is 9.59 Å². The van der Waals surface area contributed by atoms with Crippen molar-refractivity contribution in [3.8, 4) is 16.9 Å². The number of methoxy groups -OCH3 is 2. The Kier molecular flexibility index (Phi) is 4.88. The van der Waals surface area contributed by atoms with Crippen molar-refractivity contribution in [3.63, 3.8) is 0 Å². The summed E-state index contributed by atoms with van der Waals surface area (Å²) in [5.41, 5.74) is 2.39. The number of ether oxygens (including phenoxy) is 2. The summed E-state index contributed by atoms with van der Waals surface area (Å²) in [4.78, 5) is 25.4. The van der Waals surface area contributed by atoms with Crippen molar-refractivity contribution in [1.29, 1.82) is 0 Å². The normalized spacial score (nSPS) is 13.8. The second-order valence-electron chi connectivity index (χ2n) is 5.83. The summed E-state index contributed by atoms with van der Waals surface area (Å²) >= 11 is 0. The highest BCUT2D eigenvalue weighted by Crippen LogP contribution is 2.30. The highest BCUT2D eigenvalue weighted by Gasteiger charge is 2.32. The molecular weight excluding hydrogens is 320 g/mol. The molecular formula is C19H20N2O4. The van der Waals surface area contributed by atoms with Gasteiger partial charge < -0.3 is 19.7 Å². The van der Waals surface area contributed by atoms with Crippen molar-refractivity contribution in [2.75, 3.05) is 27.3 Å². The summed E-state index contributed by atoms with van der Waals surface area (Å²) in [6.45, 7) is 0.917. The van der Waals surface area contributed by atoms with Crippen LogP contribution >= 0.6 is 0 Å². The molecule has 6 heteroatoms. The van der Waals surface area contributed by atoms with Crippen LogP contribution in [0.1, 0.15) is 10.4 Å². The summed E-state index contributed by atoms with van der Waals surface area (Å²) in [7, 11) is 2.95. The first-order chi connectivity index (χ1) is 12.1. The Balaban J connectivity index is 1.73. The topological polar surface area (TPSA) is 67.9 Å². The van der Waals surface area contributed by atoms with Gasteiger partial charge in [-0.05, 0) is 23.8 Å². The first-order valence-corrected chi connectivity index (χ1v) is 7.99. The largest absolute Gasteiger partial charge is 0.496 e. The average molecular weight is 340 g/mol. The second kappa shape index (κ2) is 7.25. The fourth-order valence-electron chi connectivity index (χ4n) is 2.81. The molecule has 2 aromatic carbocycles. The minimum atomic E-state index is -0.374. The number of carbonyl (C=O) groups is 2. The maximum Gasteiger partial charge on any atom is 0.409 e. The third kappa shape index (κ3) is 3.57. The molecule has 2 amide bonds. The van der Waals surface area contributed by atoms with Gasteiger partial charge in [-0.3, -0.25) is 4.79 Å². The predicted molar refractivity (Wildman–Crippen MR) is 93.7 cm³/mol. The van der Waals surface area contributed by atoms with E-state index in [0.717, 1.165) is 11.1 Å². The van der Waals surface area contributed by atoms with E-state index in [-0.39, 0.29) is 18.0 Å². The zero-order valence-electron chi connectivity index (χ0n) is 14.2.